The maximum absolute atomic E-state index is 12.5. The Kier molecular flexibility index (Phi) is 4.60. The van der Waals surface area contributed by atoms with Crippen LogP contribution in [0, 0.1) is 0 Å². The lowest BCUT2D eigenvalue weighted by molar-refractivity contribution is -0.137. The molecule has 0 aromatic heterocycles. The van der Waals surface area contributed by atoms with Gasteiger partial charge in [-0.15, -0.1) is 0 Å². The molecule has 0 amide bonds. The fourth-order valence-electron chi connectivity index (χ4n) is 2.46. The zero-order valence-electron chi connectivity index (χ0n) is 11.5. The fraction of sp³-hybridized carbons (Fsp3) is 0.538. The molecule has 0 bridgehead atoms. The number of sulfonamides is 1. The van der Waals surface area contributed by atoms with Crippen molar-refractivity contribution in [3.8, 4) is 0 Å². The zero-order chi connectivity index (χ0) is 15.7. The van der Waals surface area contributed by atoms with Crippen molar-refractivity contribution >= 4 is 10.0 Å². The van der Waals surface area contributed by atoms with Gasteiger partial charge < -0.3 is 5.32 Å². The van der Waals surface area contributed by atoms with Gasteiger partial charge in [0.15, 0.2) is 0 Å². The number of benzene rings is 1. The van der Waals surface area contributed by atoms with Crippen molar-refractivity contribution in [1.82, 2.24) is 9.62 Å². The minimum atomic E-state index is -4.47. The van der Waals surface area contributed by atoms with Gasteiger partial charge >= 0.3 is 6.18 Å². The average molecular weight is 322 g/mol. The zero-order valence-corrected chi connectivity index (χ0v) is 12.3. The molecule has 1 aliphatic heterocycles. The van der Waals surface area contributed by atoms with E-state index in [0.29, 0.717) is 13.0 Å². The molecule has 1 aromatic carbocycles. The minimum absolute atomic E-state index is 0.107. The molecule has 1 aliphatic rings. The summed E-state index contributed by atoms with van der Waals surface area (Å²) in [5.74, 6) is 0. The summed E-state index contributed by atoms with van der Waals surface area (Å²) in [6.07, 6.45) is -3.77. The molecule has 0 saturated carbocycles. The number of halogens is 3. The standard InChI is InChI=1S/C13H17F3N2O2S/c1-2-18(11-7-8-17-9-11)21(19,20)12-5-3-10(4-6-12)13(14,15)16/h3-6,11,17H,2,7-9H2,1H3. The van der Waals surface area contributed by atoms with Crippen molar-refractivity contribution in [1.29, 1.82) is 0 Å². The molecule has 1 heterocycles. The lowest BCUT2D eigenvalue weighted by Crippen LogP contribution is -2.41. The molecule has 0 aliphatic carbocycles. The van der Waals surface area contributed by atoms with Crippen molar-refractivity contribution in [2.45, 2.75) is 30.5 Å². The Morgan fingerprint density at radius 3 is 2.33 bits per heavy atom. The number of nitrogens with one attached hydrogen (secondary N) is 1. The normalized spacial score (nSPS) is 20.1. The molecule has 1 fully saturated rings. The van der Waals surface area contributed by atoms with Crippen LogP contribution in [-0.2, 0) is 16.2 Å². The molecule has 1 atom stereocenters. The first-order valence-corrected chi connectivity index (χ1v) is 8.10. The van der Waals surface area contributed by atoms with Gasteiger partial charge in [0, 0.05) is 19.1 Å². The van der Waals surface area contributed by atoms with E-state index in [0.717, 1.165) is 30.8 Å². The van der Waals surface area contributed by atoms with Gasteiger partial charge in [-0.25, -0.2) is 8.42 Å². The highest BCUT2D eigenvalue weighted by molar-refractivity contribution is 7.89. The number of rotatable bonds is 4. The second-order valence-electron chi connectivity index (χ2n) is 4.88. The first-order chi connectivity index (χ1) is 9.76. The third-order valence-corrected chi connectivity index (χ3v) is 5.58. The Morgan fingerprint density at radius 2 is 1.90 bits per heavy atom. The Labute approximate surface area is 122 Å². The van der Waals surface area contributed by atoms with Crippen molar-refractivity contribution in [3.05, 3.63) is 29.8 Å². The van der Waals surface area contributed by atoms with Crippen LogP contribution in [0.4, 0.5) is 13.2 Å². The van der Waals surface area contributed by atoms with E-state index in [2.05, 4.69) is 5.32 Å². The second kappa shape index (κ2) is 5.94. The van der Waals surface area contributed by atoms with Crippen LogP contribution in [0.25, 0.3) is 0 Å². The molecule has 0 radical (unpaired) electrons. The molecule has 2 rings (SSSR count). The summed E-state index contributed by atoms with van der Waals surface area (Å²) in [4.78, 5) is -0.107. The Bertz CT molecular complexity index is 578. The van der Waals surface area contributed by atoms with Gasteiger partial charge in [0.2, 0.25) is 10.0 Å². The van der Waals surface area contributed by atoms with E-state index in [9.17, 15) is 21.6 Å². The van der Waals surface area contributed by atoms with E-state index in [1.807, 2.05) is 0 Å². The molecule has 0 spiro atoms. The minimum Gasteiger partial charge on any atom is -0.315 e. The number of hydrogen-bond donors (Lipinski definition) is 1. The van der Waals surface area contributed by atoms with Gasteiger partial charge in [0.1, 0.15) is 0 Å². The van der Waals surface area contributed by atoms with Gasteiger partial charge in [-0.05, 0) is 37.2 Å². The summed E-state index contributed by atoms with van der Waals surface area (Å²) in [6, 6.07) is 3.48. The molecular weight excluding hydrogens is 305 g/mol. The van der Waals surface area contributed by atoms with E-state index in [1.165, 1.54) is 4.31 Å². The van der Waals surface area contributed by atoms with Crippen LogP contribution in [0.3, 0.4) is 0 Å². The summed E-state index contributed by atoms with van der Waals surface area (Å²) in [7, 11) is -3.77. The monoisotopic (exact) mass is 322 g/mol. The van der Waals surface area contributed by atoms with Crippen LogP contribution in [0.15, 0.2) is 29.2 Å². The Morgan fingerprint density at radius 1 is 1.29 bits per heavy atom. The lowest BCUT2D eigenvalue weighted by Gasteiger charge is -2.26. The summed E-state index contributed by atoms with van der Waals surface area (Å²) in [5.41, 5.74) is -0.855. The van der Waals surface area contributed by atoms with Crippen molar-refractivity contribution in [2.24, 2.45) is 0 Å². The topological polar surface area (TPSA) is 49.4 Å². The van der Waals surface area contributed by atoms with Crippen molar-refractivity contribution < 1.29 is 21.6 Å². The predicted octanol–water partition coefficient (Wildman–Crippen LogP) is 2.08. The number of hydrogen-bond acceptors (Lipinski definition) is 3. The molecule has 8 heteroatoms. The van der Waals surface area contributed by atoms with Gasteiger partial charge in [0.05, 0.1) is 10.5 Å². The number of nitrogens with zero attached hydrogens (tertiary/aromatic N) is 1. The predicted molar refractivity (Wildman–Crippen MR) is 72.3 cm³/mol. The second-order valence-corrected chi connectivity index (χ2v) is 6.77. The molecule has 1 unspecified atom stereocenters. The van der Waals surface area contributed by atoms with Gasteiger partial charge in [0.25, 0.3) is 0 Å². The average Bonchev–Trinajstić information content (AvgIpc) is 2.92. The van der Waals surface area contributed by atoms with Gasteiger partial charge in [-0.1, -0.05) is 6.92 Å². The van der Waals surface area contributed by atoms with Crippen LogP contribution in [0.1, 0.15) is 18.9 Å². The fourth-order valence-corrected chi connectivity index (χ4v) is 4.12. The third kappa shape index (κ3) is 3.38. The van der Waals surface area contributed by atoms with Crippen LogP contribution in [0.5, 0.6) is 0 Å². The van der Waals surface area contributed by atoms with Crippen LogP contribution in [-0.4, -0.2) is 38.4 Å². The largest absolute Gasteiger partial charge is 0.416 e. The maximum atomic E-state index is 12.5. The molecule has 1 N–H and O–H groups in total. The van der Waals surface area contributed by atoms with Crippen LogP contribution < -0.4 is 5.32 Å². The number of likely N-dealkylation sites (N-methyl/N-ethyl adjacent to an activating group) is 1. The molecule has 118 valence electrons. The Balaban J connectivity index is 2.29. The van der Waals surface area contributed by atoms with Crippen LogP contribution >= 0.6 is 0 Å². The first-order valence-electron chi connectivity index (χ1n) is 6.66. The van der Waals surface area contributed by atoms with Crippen molar-refractivity contribution in [3.63, 3.8) is 0 Å². The number of alkyl halides is 3. The van der Waals surface area contributed by atoms with Crippen LogP contribution in [0.2, 0.25) is 0 Å². The molecule has 1 aromatic rings. The van der Waals surface area contributed by atoms with E-state index in [-0.39, 0.29) is 17.5 Å². The highest BCUT2D eigenvalue weighted by atomic mass is 32.2. The molecule has 1 saturated heterocycles. The summed E-state index contributed by atoms with van der Waals surface area (Å²) >= 11 is 0. The van der Waals surface area contributed by atoms with E-state index >= 15 is 0 Å². The first kappa shape index (κ1) is 16.3. The highest BCUT2D eigenvalue weighted by Crippen LogP contribution is 2.30. The van der Waals surface area contributed by atoms with E-state index in [4.69, 9.17) is 0 Å². The molecular formula is C13H17F3N2O2S. The van der Waals surface area contributed by atoms with Crippen molar-refractivity contribution in [2.75, 3.05) is 19.6 Å². The smallest absolute Gasteiger partial charge is 0.315 e. The van der Waals surface area contributed by atoms with E-state index < -0.39 is 21.8 Å². The molecule has 21 heavy (non-hydrogen) atoms. The Hall–Kier alpha value is -1.12. The lowest BCUT2D eigenvalue weighted by atomic mass is 10.2. The summed E-state index contributed by atoms with van der Waals surface area (Å²) in [6.45, 7) is 3.31. The van der Waals surface area contributed by atoms with Gasteiger partial charge in [-0.2, -0.15) is 17.5 Å². The maximum Gasteiger partial charge on any atom is 0.416 e. The third-order valence-electron chi connectivity index (χ3n) is 3.54. The van der Waals surface area contributed by atoms with Gasteiger partial charge in [-0.3, -0.25) is 0 Å². The van der Waals surface area contributed by atoms with E-state index in [1.54, 1.807) is 6.92 Å². The molecule has 4 nitrogen and oxygen atoms in total. The quantitative estimate of drug-likeness (QED) is 0.923. The summed E-state index contributed by atoms with van der Waals surface area (Å²) < 4.78 is 64.0. The summed E-state index contributed by atoms with van der Waals surface area (Å²) in [5, 5.41) is 3.08. The SMILES string of the molecule is CCN(C1CCNC1)S(=O)(=O)c1ccc(C(F)(F)F)cc1. The highest BCUT2D eigenvalue weighted by Gasteiger charge is 2.34.